The summed E-state index contributed by atoms with van der Waals surface area (Å²) in [6.45, 7) is 1.41. The summed E-state index contributed by atoms with van der Waals surface area (Å²) in [6, 6.07) is 19.6. The Morgan fingerprint density at radius 1 is 1.06 bits per heavy atom. The zero-order valence-electron chi connectivity index (χ0n) is 17.8. The number of nitrogens with zero attached hydrogens (tertiary/aromatic N) is 2. The Morgan fingerprint density at radius 2 is 1.84 bits per heavy atom. The third-order valence-electron chi connectivity index (χ3n) is 5.77. The van der Waals surface area contributed by atoms with Gasteiger partial charge in [0.25, 0.3) is 5.91 Å². The first-order valence-corrected chi connectivity index (χ1v) is 11.3. The van der Waals surface area contributed by atoms with Gasteiger partial charge in [-0.2, -0.15) is 0 Å². The van der Waals surface area contributed by atoms with Crippen LogP contribution in [-0.4, -0.2) is 55.4 Å². The Labute approximate surface area is 186 Å². The van der Waals surface area contributed by atoms with Crippen molar-refractivity contribution in [3.05, 3.63) is 77.2 Å². The topological polar surface area (TPSA) is 49.9 Å². The number of para-hydroxylation sites is 1. The van der Waals surface area contributed by atoms with E-state index in [2.05, 4.69) is 23.6 Å². The zero-order chi connectivity index (χ0) is 21.8. The lowest BCUT2D eigenvalue weighted by molar-refractivity contribution is -0.133. The number of benzene rings is 2. The molecule has 31 heavy (non-hydrogen) atoms. The van der Waals surface area contributed by atoms with Crippen molar-refractivity contribution < 1.29 is 14.3 Å². The van der Waals surface area contributed by atoms with Gasteiger partial charge in [0.1, 0.15) is 5.75 Å². The molecule has 2 amide bonds. The summed E-state index contributed by atoms with van der Waals surface area (Å²) >= 11 is 1.69. The molecule has 1 aliphatic rings. The highest BCUT2D eigenvalue weighted by Gasteiger charge is 2.32. The van der Waals surface area contributed by atoms with Gasteiger partial charge in [-0.25, -0.2) is 0 Å². The number of methoxy groups -OCH3 is 1. The molecule has 0 N–H and O–H groups in total. The Balaban J connectivity index is 1.62. The van der Waals surface area contributed by atoms with Crippen molar-refractivity contribution in [3.63, 3.8) is 0 Å². The summed E-state index contributed by atoms with van der Waals surface area (Å²) in [5, 5.41) is 2.06. The van der Waals surface area contributed by atoms with Gasteiger partial charge in [-0.15, -0.1) is 11.3 Å². The summed E-state index contributed by atoms with van der Waals surface area (Å²) < 4.78 is 5.39. The van der Waals surface area contributed by atoms with E-state index in [1.807, 2.05) is 37.4 Å². The van der Waals surface area contributed by atoms with Crippen molar-refractivity contribution in [1.82, 2.24) is 9.80 Å². The van der Waals surface area contributed by atoms with Gasteiger partial charge in [0.15, 0.2) is 0 Å². The van der Waals surface area contributed by atoms with Crippen molar-refractivity contribution in [2.24, 2.45) is 5.92 Å². The van der Waals surface area contributed by atoms with E-state index in [0.29, 0.717) is 37.4 Å². The number of carbonyl (C=O) groups excluding carboxylic acids is 2. The minimum Gasteiger partial charge on any atom is -0.496 e. The monoisotopic (exact) mass is 434 g/mol. The molecular formula is C25H26N2O3S. The summed E-state index contributed by atoms with van der Waals surface area (Å²) in [7, 11) is 3.38. The number of amides is 2. The SMILES string of the molecule is COc1ccccc1C(=O)N1CCN(C)C(=O)[C@H](Cc2ccccc2-c2cccs2)C1. The fourth-order valence-electron chi connectivity index (χ4n) is 4.09. The zero-order valence-corrected chi connectivity index (χ0v) is 18.6. The van der Waals surface area contributed by atoms with Gasteiger partial charge in [0, 0.05) is 31.6 Å². The van der Waals surface area contributed by atoms with Crippen LogP contribution < -0.4 is 4.74 Å². The highest BCUT2D eigenvalue weighted by molar-refractivity contribution is 7.13. The van der Waals surface area contributed by atoms with Crippen molar-refractivity contribution in [3.8, 4) is 16.2 Å². The van der Waals surface area contributed by atoms with Crippen LogP contribution in [0.15, 0.2) is 66.0 Å². The number of rotatable bonds is 5. The first-order chi connectivity index (χ1) is 15.1. The largest absolute Gasteiger partial charge is 0.496 e. The van der Waals surface area contributed by atoms with E-state index in [1.54, 1.807) is 40.4 Å². The molecule has 0 radical (unpaired) electrons. The maximum absolute atomic E-state index is 13.3. The predicted molar refractivity (Wildman–Crippen MR) is 123 cm³/mol. The van der Waals surface area contributed by atoms with E-state index in [0.717, 1.165) is 11.1 Å². The molecule has 4 rings (SSSR count). The molecule has 1 aromatic heterocycles. The van der Waals surface area contributed by atoms with E-state index in [-0.39, 0.29) is 17.7 Å². The summed E-state index contributed by atoms with van der Waals surface area (Å²) in [5.41, 5.74) is 2.81. The van der Waals surface area contributed by atoms with Crippen LogP contribution in [0.4, 0.5) is 0 Å². The first kappa shape index (κ1) is 21.1. The number of hydrogen-bond acceptors (Lipinski definition) is 4. The highest BCUT2D eigenvalue weighted by atomic mass is 32.1. The van der Waals surface area contributed by atoms with Crippen LogP contribution in [0.25, 0.3) is 10.4 Å². The molecule has 0 spiro atoms. The van der Waals surface area contributed by atoms with Crippen molar-refractivity contribution in [2.45, 2.75) is 6.42 Å². The Hall–Kier alpha value is -3.12. The van der Waals surface area contributed by atoms with Gasteiger partial charge < -0.3 is 14.5 Å². The highest BCUT2D eigenvalue weighted by Crippen LogP contribution is 2.30. The molecule has 2 aromatic carbocycles. The molecule has 0 bridgehead atoms. The number of thiophene rings is 1. The smallest absolute Gasteiger partial charge is 0.257 e. The van der Waals surface area contributed by atoms with Crippen LogP contribution in [0.3, 0.4) is 0 Å². The molecule has 1 atom stereocenters. The normalized spacial score (nSPS) is 16.8. The molecule has 3 aromatic rings. The molecular weight excluding hydrogens is 408 g/mol. The van der Waals surface area contributed by atoms with Crippen LogP contribution in [0.2, 0.25) is 0 Å². The fraction of sp³-hybridized carbons (Fsp3) is 0.280. The molecule has 6 heteroatoms. The Bertz CT molecular complexity index is 1060. The molecule has 0 aliphatic carbocycles. The minimum absolute atomic E-state index is 0.0799. The third kappa shape index (κ3) is 4.49. The van der Waals surface area contributed by atoms with Crippen molar-refractivity contribution in [2.75, 3.05) is 33.8 Å². The lowest BCUT2D eigenvalue weighted by Crippen LogP contribution is -2.37. The number of ether oxygens (including phenoxy) is 1. The van der Waals surface area contributed by atoms with Gasteiger partial charge in [0.2, 0.25) is 5.91 Å². The molecule has 5 nitrogen and oxygen atoms in total. The van der Waals surface area contributed by atoms with E-state index in [9.17, 15) is 9.59 Å². The van der Waals surface area contributed by atoms with Gasteiger partial charge >= 0.3 is 0 Å². The van der Waals surface area contributed by atoms with Crippen LogP contribution in [0.5, 0.6) is 5.75 Å². The summed E-state index contributed by atoms with van der Waals surface area (Å²) in [4.78, 5) is 31.2. The van der Waals surface area contributed by atoms with E-state index >= 15 is 0 Å². The quantitative estimate of drug-likeness (QED) is 0.605. The molecule has 0 unspecified atom stereocenters. The van der Waals surface area contributed by atoms with Crippen LogP contribution in [0.1, 0.15) is 15.9 Å². The average molecular weight is 435 g/mol. The van der Waals surface area contributed by atoms with E-state index in [1.165, 1.54) is 4.88 Å². The number of likely N-dealkylation sites (N-methyl/N-ethyl adjacent to an activating group) is 1. The van der Waals surface area contributed by atoms with Gasteiger partial charge in [0.05, 0.1) is 18.6 Å². The second-order valence-corrected chi connectivity index (χ2v) is 8.69. The van der Waals surface area contributed by atoms with E-state index < -0.39 is 0 Å². The molecule has 2 heterocycles. The van der Waals surface area contributed by atoms with Gasteiger partial charge in [-0.1, -0.05) is 42.5 Å². The molecule has 160 valence electrons. The van der Waals surface area contributed by atoms with E-state index in [4.69, 9.17) is 4.74 Å². The van der Waals surface area contributed by atoms with Crippen molar-refractivity contribution in [1.29, 1.82) is 0 Å². The number of carbonyl (C=O) groups is 2. The van der Waals surface area contributed by atoms with Crippen molar-refractivity contribution >= 4 is 23.2 Å². The lowest BCUT2D eigenvalue weighted by Gasteiger charge is -2.24. The molecule has 1 aliphatic heterocycles. The number of hydrogen-bond donors (Lipinski definition) is 0. The molecule has 1 fully saturated rings. The Kier molecular flexibility index (Phi) is 6.37. The second kappa shape index (κ2) is 9.35. The van der Waals surface area contributed by atoms with Gasteiger partial charge in [-0.3, -0.25) is 9.59 Å². The third-order valence-corrected chi connectivity index (χ3v) is 6.67. The average Bonchev–Trinajstić information content (AvgIpc) is 3.30. The summed E-state index contributed by atoms with van der Waals surface area (Å²) in [5.74, 6) is 0.233. The predicted octanol–water partition coefficient (Wildman–Crippen LogP) is 4.20. The maximum Gasteiger partial charge on any atom is 0.257 e. The Morgan fingerprint density at radius 3 is 2.61 bits per heavy atom. The minimum atomic E-state index is -0.299. The summed E-state index contributed by atoms with van der Waals surface area (Å²) in [6.07, 6.45) is 0.590. The molecule has 0 saturated carbocycles. The maximum atomic E-state index is 13.3. The lowest BCUT2D eigenvalue weighted by atomic mass is 9.93. The van der Waals surface area contributed by atoms with Crippen LogP contribution >= 0.6 is 11.3 Å². The fourth-order valence-corrected chi connectivity index (χ4v) is 4.88. The first-order valence-electron chi connectivity index (χ1n) is 10.4. The standard InChI is InChI=1S/C25H26N2O3S/c1-26-13-14-27(25(29)21-10-5-6-11-22(21)30-2)17-19(24(26)28)16-18-8-3-4-9-20(18)23-12-7-15-31-23/h3-12,15,19H,13-14,16-17H2,1-2H3/t19-/m1/s1. The van der Waals surface area contributed by atoms with Gasteiger partial charge in [-0.05, 0) is 41.1 Å². The molecule has 1 saturated heterocycles. The second-order valence-electron chi connectivity index (χ2n) is 7.75. The van der Waals surface area contributed by atoms with Crippen LogP contribution in [0, 0.1) is 5.92 Å². The van der Waals surface area contributed by atoms with Crippen LogP contribution in [-0.2, 0) is 11.2 Å².